The van der Waals surface area contributed by atoms with Crippen molar-refractivity contribution in [1.29, 1.82) is 0 Å². The summed E-state index contributed by atoms with van der Waals surface area (Å²) in [5, 5.41) is 6.56. The minimum atomic E-state index is 0.616. The number of rotatable bonds is 5. The van der Waals surface area contributed by atoms with Crippen LogP contribution in [0.1, 0.15) is 18.2 Å². The molecule has 3 rings (SSSR count). The Labute approximate surface area is 166 Å². The van der Waals surface area contributed by atoms with E-state index < -0.39 is 0 Å². The van der Waals surface area contributed by atoms with Gasteiger partial charge in [0, 0.05) is 57.9 Å². The highest BCUT2D eigenvalue weighted by molar-refractivity contribution is 7.13. The summed E-state index contributed by atoms with van der Waals surface area (Å²) < 4.78 is 0. The van der Waals surface area contributed by atoms with Gasteiger partial charge in [-0.3, -0.25) is 0 Å². The predicted molar refractivity (Wildman–Crippen MR) is 116 cm³/mol. The standard InChI is InChI=1S/C20H30N6S/c1-5-21-19(22-14-17-15-27-20(23-17)24(3)4)26-11-9-25(10-12-26)18-8-6-7-16(2)13-18/h6-8,13,15H,5,9-12,14H2,1-4H3,(H,21,22). The SMILES string of the molecule is CCNC(=NCc1csc(N(C)C)n1)N1CCN(c2cccc(C)c2)CC1. The molecule has 6 nitrogen and oxygen atoms in total. The minimum absolute atomic E-state index is 0.616. The number of aromatic nitrogens is 1. The van der Waals surface area contributed by atoms with Crippen molar-refractivity contribution < 1.29 is 0 Å². The number of thiazole rings is 1. The summed E-state index contributed by atoms with van der Waals surface area (Å²) in [6.45, 7) is 9.72. The van der Waals surface area contributed by atoms with Crippen molar-refractivity contribution in [2.75, 3.05) is 56.6 Å². The average Bonchev–Trinajstić information content (AvgIpc) is 3.15. The third kappa shape index (κ3) is 5.13. The van der Waals surface area contributed by atoms with Crippen LogP contribution in [0.15, 0.2) is 34.6 Å². The van der Waals surface area contributed by atoms with Crippen LogP contribution in [0.3, 0.4) is 0 Å². The molecule has 1 fully saturated rings. The molecule has 146 valence electrons. The van der Waals surface area contributed by atoms with Gasteiger partial charge in [-0.15, -0.1) is 11.3 Å². The van der Waals surface area contributed by atoms with Gasteiger partial charge in [-0.1, -0.05) is 12.1 Å². The van der Waals surface area contributed by atoms with Crippen molar-refractivity contribution in [2.24, 2.45) is 4.99 Å². The Balaban J connectivity index is 1.61. The van der Waals surface area contributed by atoms with Gasteiger partial charge in [-0.25, -0.2) is 9.98 Å². The Hall–Kier alpha value is -2.28. The number of nitrogens with one attached hydrogen (secondary N) is 1. The van der Waals surface area contributed by atoms with Crippen molar-refractivity contribution >= 4 is 28.1 Å². The Morgan fingerprint density at radius 1 is 1.26 bits per heavy atom. The summed E-state index contributed by atoms with van der Waals surface area (Å²) in [4.78, 5) is 16.3. The minimum Gasteiger partial charge on any atom is -0.368 e. The molecule has 1 aromatic carbocycles. The maximum absolute atomic E-state index is 4.83. The summed E-state index contributed by atoms with van der Waals surface area (Å²) in [7, 11) is 4.04. The molecule has 1 aromatic heterocycles. The molecule has 0 saturated carbocycles. The number of hydrogen-bond acceptors (Lipinski definition) is 5. The highest BCUT2D eigenvalue weighted by Gasteiger charge is 2.20. The largest absolute Gasteiger partial charge is 0.368 e. The van der Waals surface area contributed by atoms with Gasteiger partial charge < -0.3 is 20.0 Å². The molecule has 27 heavy (non-hydrogen) atoms. The van der Waals surface area contributed by atoms with Crippen molar-refractivity contribution in [3.05, 3.63) is 40.9 Å². The van der Waals surface area contributed by atoms with E-state index in [-0.39, 0.29) is 0 Å². The van der Waals surface area contributed by atoms with Crippen LogP contribution in [0.2, 0.25) is 0 Å². The zero-order valence-electron chi connectivity index (χ0n) is 16.8. The Morgan fingerprint density at radius 3 is 2.67 bits per heavy atom. The molecule has 7 heteroatoms. The number of piperazine rings is 1. The highest BCUT2D eigenvalue weighted by atomic mass is 32.1. The van der Waals surface area contributed by atoms with Gasteiger partial charge in [0.2, 0.25) is 0 Å². The van der Waals surface area contributed by atoms with E-state index in [2.05, 4.69) is 63.6 Å². The lowest BCUT2D eigenvalue weighted by Gasteiger charge is -2.37. The van der Waals surface area contributed by atoms with Gasteiger partial charge in [0.1, 0.15) is 0 Å². The third-order valence-electron chi connectivity index (χ3n) is 4.59. The maximum atomic E-state index is 4.83. The molecule has 0 aliphatic carbocycles. The molecule has 0 spiro atoms. The molecule has 1 N–H and O–H groups in total. The summed E-state index contributed by atoms with van der Waals surface area (Å²) in [6, 6.07) is 8.75. The lowest BCUT2D eigenvalue weighted by molar-refractivity contribution is 0.372. The smallest absolute Gasteiger partial charge is 0.194 e. The molecule has 0 atom stereocenters. The summed E-state index contributed by atoms with van der Waals surface area (Å²) in [5.74, 6) is 0.987. The number of benzene rings is 1. The van der Waals surface area contributed by atoms with Crippen LogP contribution >= 0.6 is 11.3 Å². The molecule has 1 aliphatic rings. The van der Waals surface area contributed by atoms with E-state index in [4.69, 9.17) is 4.99 Å². The summed E-state index contributed by atoms with van der Waals surface area (Å²) in [6.07, 6.45) is 0. The number of hydrogen-bond donors (Lipinski definition) is 1. The van der Waals surface area contributed by atoms with Crippen molar-refractivity contribution in [1.82, 2.24) is 15.2 Å². The average molecular weight is 387 g/mol. The molecule has 1 saturated heterocycles. The molecule has 2 aromatic rings. The Kier molecular flexibility index (Phi) is 6.55. The van der Waals surface area contributed by atoms with E-state index in [1.165, 1.54) is 11.3 Å². The molecule has 1 aliphatic heterocycles. The van der Waals surface area contributed by atoms with Gasteiger partial charge in [0.05, 0.1) is 12.2 Å². The highest BCUT2D eigenvalue weighted by Crippen LogP contribution is 2.19. The van der Waals surface area contributed by atoms with E-state index >= 15 is 0 Å². The molecule has 0 radical (unpaired) electrons. The Bertz CT molecular complexity index is 761. The summed E-state index contributed by atoms with van der Waals surface area (Å²) in [5.41, 5.74) is 3.65. The van der Waals surface area contributed by atoms with Crippen molar-refractivity contribution in [2.45, 2.75) is 20.4 Å². The van der Waals surface area contributed by atoms with Gasteiger partial charge in [0.15, 0.2) is 11.1 Å². The first-order valence-corrected chi connectivity index (χ1v) is 10.4. The number of aryl methyl sites for hydroxylation is 1. The lowest BCUT2D eigenvalue weighted by atomic mass is 10.2. The molecule has 0 unspecified atom stereocenters. The number of nitrogens with zero attached hydrogens (tertiary/aromatic N) is 5. The van der Waals surface area contributed by atoms with E-state index in [1.54, 1.807) is 11.3 Å². The first-order chi connectivity index (χ1) is 13.1. The Morgan fingerprint density at radius 2 is 2.04 bits per heavy atom. The third-order valence-corrected chi connectivity index (χ3v) is 5.65. The van der Waals surface area contributed by atoms with E-state index in [1.807, 2.05) is 19.0 Å². The van der Waals surface area contributed by atoms with Gasteiger partial charge >= 0.3 is 0 Å². The first-order valence-electron chi connectivity index (χ1n) is 9.53. The van der Waals surface area contributed by atoms with Crippen LogP contribution in [-0.4, -0.2) is 62.7 Å². The van der Waals surface area contributed by atoms with Crippen LogP contribution in [0.4, 0.5) is 10.8 Å². The molecule has 2 heterocycles. The van der Waals surface area contributed by atoms with Crippen LogP contribution in [-0.2, 0) is 6.54 Å². The van der Waals surface area contributed by atoms with Crippen LogP contribution in [0.5, 0.6) is 0 Å². The molecule has 0 bridgehead atoms. The lowest BCUT2D eigenvalue weighted by Crippen LogP contribution is -2.52. The van der Waals surface area contributed by atoms with Gasteiger partial charge in [0.25, 0.3) is 0 Å². The fraction of sp³-hybridized carbons (Fsp3) is 0.500. The van der Waals surface area contributed by atoms with E-state index in [9.17, 15) is 0 Å². The molecule has 0 amide bonds. The van der Waals surface area contributed by atoms with Crippen LogP contribution in [0, 0.1) is 6.92 Å². The second-order valence-corrected chi connectivity index (χ2v) is 7.84. The van der Waals surface area contributed by atoms with Crippen LogP contribution < -0.4 is 15.1 Å². The number of guanidine groups is 1. The number of anilines is 2. The summed E-state index contributed by atoms with van der Waals surface area (Å²) >= 11 is 1.66. The van der Waals surface area contributed by atoms with Crippen molar-refractivity contribution in [3.8, 4) is 0 Å². The normalized spacial score (nSPS) is 15.2. The van der Waals surface area contributed by atoms with E-state index in [0.29, 0.717) is 6.54 Å². The van der Waals surface area contributed by atoms with Gasteiger partial charge in [-0.2, -0.15) is 0 Å². The molecular formula is C20H30N6S. The van der Waals surface area contributed by atoms with E-state index in [0.717, 1.165) is 49.5 Å². The fourth-order valence-electron chi connectivity index (χ4n) is 3.16. The van der Waals surface area contributed by atoms with Crippen LogP contribution in [0.25, 0.3) is 0 Å². The zero-order valence-corrected chi connectivity index (χ0v) is 17.6. The van der Waals surface area contributed by atoms with Crippen molar-refractivity contribution in [3.63, 3.8) is 0 Å². The number of aliphatic imine (C=N–C) groups is 1. The zero-order chi connectivity index (χ0) is 19.2. The first kappa shape index (κ1) is 19.5. The maximum Gasteiger partial charge on any atom is 0.194 e. The fourth-order valence-corrected chi connectivity index (χ4v) is 3.91. The predicted octanol–water partition coefficient (Wildman–Crippen LogP) is 2.81. The quantitative estimate of drug-likeness (QED) is 0.632. The monoisotopic (exact) mass is 386 g/mol. The van der Waals surface area contributed by atoms with Gasteiger partial charge in [-0.05, 0) is 31.5 Å². The second-order valence-electron chi connectivity index (χ2n) is 7.00. The second kappa shape index (κ2) is 9.08. The topological polar surface area (TPSA) is 47.0 Å². The molecular weight excluding hydrogens is 356 g/mol.